The first kappa shape index (κ1) is 14.6. The normalized spacial score (nSPS) is 25.7. The van der Waals surface area contributed by atoms with Crippen molar-refractivity contribution in [3.63, 3.8) is 0 Å². The smallest absolute Gasteiger partial charge is 0.0572 e. The van der Waals surface area contributed by atoms with Gasteiger partial charge >= 0.3 is 0 Å². The molecule has 0 amide bonds. The van der Waals surface area contributed by atoms with Crippen LogP contribution in [0.15, 0.2) is 12.3 Å². The lowest BCUT2D eigenvalue weighted by molar-refractivity contribution is 0.0462. The van der Waals surface area contributed by atoms with E-state index in [0.29, 0.717) is 6.10 Å². The molecule has 17 heavy (non-hydrogen) atoms. The van der Waals surface area contributed by atoms with Crippen LogP contribution in [-0.4, -0.2) is 30.7 Å². The van der Waals surface area contributed by atoms with Gasteiger partial charge in [-0.15, -0.1) is 0 Å². The molecule has 1 aliphatic rings. The lowest BCUT2D eigenvalue weighted by Gasteiger charge is -2.37. The van der Waals surface area contributed by atoms with E-state index in [9.17, 15) is 0 Å². The van der Waals surface area contributed by atoms with E-state index in [4.69, 9.17) is 4.74 Å². The summed E-state index contributed by atoms with van der Waals surface area (Å²) in [5.74, 6) is 0.733. The Bertz CT molecular complexity index is 217. The summed E-state index contributed by atoms with van der Waals surface area (Å²) >= 11 is 0. The highest BCUT2D eigenvalue weighted by molar-refractivity contribution is 4.89. The molecule has 0 atom stereocenters. The SMILES string of the molecule is CC/C=C/N(CC(C)C)[C@H]1CC[C@H](OC)CC1. The molecule has 0 bridgehead atoms. The van der Waals surface area contributed by atoms with Crippen LogP contribution >= 0.6 is 0 Å². The summed E-state index contributed by atoms with van der Waals surface area (Å²) in [6.07, 6.45) is 11.2. The van der Waals surface area contributed by atoms with Crippen LogP contribution in [-0.2, 0) is 4.74 Å². The van der Waals surface area contributed by atoms with Crippen molar-refractivity contribution in [2.75, 3.05) is 13.7 Å². The Balaban J connectivity index is 2.49. The van der Waals surface area contributed by atoms with Gasteiger partial charge in [0.2, 0.25) is 0 Å². The summed E-state index contributed by atoms with van der Waals surface area (Å²) in [6.45, 7) is 7.98. The standard InChI is InChI=1S/C15H29NO/c1-5-6-11-16(12-13(2)3)14-7-9-15(17-4)10-8-14/h6,11,13-15H,5,7-10,12H2,1-4H3/b11-6+/t14-,15-. The fourth-order valence-corrected chi connectivity index (χ4v) is 2.61. The molecule has 0 saturated heterocycles. The highest BCUT2D eigenvalue weighted by Gasteiger charge is 2.24. The van der Waals surface area contributed by atoms with Gasteiger partial charge in [0, 0.05) is 19.7 Å². The van der Waals surface area contributed by atoms with Gasteiger partial charge in [-0.2, -0.15) is 0 Å². The van der Waals surface area contributed by atoms with E-state index in [1.54, 1.807) is 0 Å². The van der Waals surface area contributed by atoms with E-state index in [0.717, 1.165) is 18.4 Å². The summed E-state index contributed by atoms with van der Waals surface area (Å²) in [7, 11) is 1.84. The van der Waals surface area contributed by atoms with Crippen molar-refractivity contribution < 1.29 is 4.74 Å². The Labute approximate surface area is 107 Å². The molecule has 0 N–H and O–H groups in total. The Morgan fingerprint density at radius 1 is 1.24 bits per heavy atom. The molecule has 0 aromatic rings. The fraction of sp³-hybridized carbons (Fsp3) is 0.867. The Kier molecular flexibility index (Phi) is 6.64. The van der Waals surface area contributed by atoms with Gasteiger partial charge in [0.1, 0.15) is 0 Å². The van der Waals surface area contributed by atoms with Crippen molar-refractivity contribution in [3.8, 4) is 0 Å². The van der Waals surface area contributed by atoms with Gasteiger partial charge < -0.3 is 9.64 Å². The van der Waals surface area contributed by atoms with Gasteiger partial charge in [-0.25, -0.2) is 0 Å². The second-order valence-electron chi connectivity index (χ2n) is 5.55. The number of nitrogens with zero attached hydrogens (tertiary/aromatic N) is 1. The van der Waals surface area contributed by atoms with Crippen molar-refractivity contribution in [2.24, 2.45) is 5.92 Å². The molecule has 1 aliphatic carbocycles. The van der Waals surface area contributed by atoms with Crippen molar-refractivity contribution in [1.29, 1.82) is 0 Å². The maximum atomic E-state index is 5.44. The summed E-state index contributed by atoms with van der Waals surface area (Å²) in [6, 6.07) is 0.728. The second kappa shape index (κ2) is 7.75. The first-order valence-electron chi connectivity index (χ1n) is 7.12. The molecule has 0 aromatic heterocycles. The Hall–Kier alpha value is -0.500. The zero-order valence-electron chi connectivity index (χ0n) is 12.0. The quantitative estimate of drug-likeness (QED) is 0.698. The molecule has 0 radical (unpaired) electrons. The van der Waals surface area contributed by atoms with Gasteiger partial charge in [0.25, 0.3) is 0 Å². The van der Waals surface area contributed by atoms with Crippen molar-refractivity contribution >= 4 is 0 Å². The van der Waals surface area contributed by atoms with E-state index in [2.05, 4.69) is 37.9 Å². The molecule has 0 aromatic carbocycles. The van der Waals surface area contributed by atoms with Crippen LogP contribution in [0.4, 0.5) is 0 Å². The molecule has 100 valence electrons. The minimum absolute atomic E-state index is 0.502. The number of hydrogen-bond acceptors (Lipinski definition) is 2. The third-order valence-electron chi connectivity index (χ3n) is 3.55. The summed E-state index contributed by atoms with van der Waals surface area (Å²) in [5.41, 5.74) is 0. The van der Waals surface area contributed by atoms with Crippen LogP contribution in [0.2, 0.25) is 0 Å². The number of hydrogen-bond donors (Lipinski definition) is 0. The third kappa shape index (κ3) is 5.12. The van der Waals surface area contributed by atoms with E-state index >= 15 is 0 Å². The molecule has 0 spiro atoms. The fourth-order valence-electron chi connectivity index (χ4n) is 2.61. The highest BCUT2D eigenvalue weighted by atomic mass is 16.5. The monoisotopic (exact) mass is 239 g/mol. The third-order valence-corrected chi connectivity index (χ3v) is 3.55. The average molecular weight is 239 g/mol. The predicted molar refractivity (Wildman–Crippen MR) is 74.0 cm³/mol. The van der Waals surface area contributed by atoms with Crippen LogP contribution in [0.5, 0.6) is 0 Å². The molecular weight excluding hydrogens is 210 g/mol. The van der Waals surface area contributed by atoms with E-state index in [1.807, 2.05) is 7.11 Å². The van der Waals surface area contributed by atoms with Crippen molar-refractivity contribution in [3.05, 3.63) is 12.3 Å². The van der Waals surface area contributed by atoms with Crippen LogP contribution in [0, 0.1) is 5.92 Å². The van der Waals surface area contributed by atoms with Gasteiger partial charge in [-0.3, -0.25) is 0 Å². The molecule has 1 rings (SSSR count). The second-order valence-corrected chi connectivity index (χ2v) is 5.55. The van der Waals surface area contributed by atoms with Crippen molar-refractivity contribution in [2.45, 2.75) is 65.0 Å². The molecule has 1 fully saturated rings. The lowest BCUT2D eigenvalue weighted by Crippen LogP contribution is -2.38. The van der Waals surface area contributed by atoms with Gasteiger partial charge in [0.05, 0.1) is 6.10 Å². The highest BCUT2D eigenvalue weighted by Crippen LogP contribution is 2.25. The van der Waals surface area contributed by atoms with Crippen LogP contribution in [0.3, 0.4) is 0 Å². The zero-order chi connectivity index (χ0) is 12.7. The first-order chi connectivity index (χ1) is 8.17. The van der Waals surface area contributed by atoms with E-state index in [-0.39, 0.29) is 0 Å². The summed E-state index contributed by atoms with van der Waals surface area (Å²) < 4.78 is 5.44. The number of ether oxygens (including phenoxy) is 1. The van der Waals surface area contributed by atoms with Crippen molar-refractivity contribution in [1.82, 2.24) is 4.90 Å². The van der Waals surface area contributed by atoms with Gasteiger partial charge in [0.15, 0.2) is 0 Å². The van der Waals surface area contributed by atoms with Gasteiger partial charge in [-0.1, -0.05) is 26.8 Å². The van der Waals surface area contributed by atoms with E-state index in [1.165, 1.54) is 32.2 Å². The molecule has 0 aliphatic heterocycles. The molecule has 2 nitrogen and oxygen atoms in total. The maximum Gasteiger partial charge on any atom is 0.0572 e. The van der Waals surface area contributed by atoms with Gasteiger partial charge in [-0.05, 0) is 44.2 Å². The zero-order valence-corrected chi connectivity index (χ0v) is 12.0. The van der Waals surface area contributed by atoms with E-state index < -0.39 is 0 Å². The minimum atomic E-state index is 0.502. The van der Waals surface area contributed by atoms with Crippen LogP contribution in [0.1, 0.15) is 52.9 Å². The predicted octanol–water partition coefficient (Wildman–Crippen LogP) is 3.83. The minimum Gasteiger partial charge on any atom is -0.381 e. The number of methoxy groups -OCH3 is 1. The van der Waals surface area contributed by atoms with Crippen LogP contribution < -0.4 is 0 Å². The lowest BCUT2D eigenvalue weighted by atomic mass is 9.91. The number of rotatable bonds is 6. The Morgan fingerprint density at radius 3 is 2.35 bits per heavy atom. The summed E-state index contributed by atoms with van der Waals surface area (Å²) in [5, 5.41) is 0. The first-order valence-corrected chi connectivity index (χ1v) is 7.12. The summed E-state index contributed by atoms with van der Waals surface area (Å²) in [4.78, 5) is 2.56. The van der Waals surface area contributed by atoms with Crippen LogP contribution in [0.25, 0.3) is 0 Å². The largest absolute Gasteiger partial charge is 0.381 e. The maximum absolute atomic E-state index is 5.44. The molecule has 1 saturated carbocycles. The molecular formula is C15H29NO. The Morgan fingerprint density at radius 2 is 1.88 bits per heavy atom. The number of allylic oxidation sites excluding steroid dienone is 1. The molecule has 0 heterocycles. The molecule has 0 unspecified atom stereocenters. The average Bonchev–Trinajstić information content (AvgIpc) is 2.34. The molecule has 2 heteroatoms. The topological polar surface area (TPSA) is 12.5 Å².